The molecule has 0 aromatic heterocycles. The van der Waals surface area contributed by atoms with Crippen molar-refractivity contribution in [1.29, 1.82) is 0 Å². The van der Waals surface area contributed by atoms with Crippen LogP contribution in [0.2, 0.25) is 0 Å². The van der Waals surface area contributed by atoms with Crippen LogP contribution in [0.1, 0.15) is 13.8 Å². The predicted octanol–water partition coefficient (Wildman–Crippen LogP) is 1.47. The van der Waals surface area contributed by atoms with Gasteiger partial charge >= 0.3 is 0 Å². The van der Waals surface area contributed by atoms with E-state index in [1.54, 1.807) is 0 Å². The third-order valence-electron chi connectivity index (χ3n) is 2.34. The quantitative estimate of drug-likeness (QED) is 0.483. The van der Waals surface area contributed by atoms with Crippen LogP contribution in [0.3, 0.4) is 0 Å². The molecule has 0 radical (unpaired) electrons. The normalized spacial score (nSPS) is 40.3. The molecule has 0 spiro atoms. The van der Waals surface area contributed by atoms with Gasteiger partial charge in [0.25, 0.3) is 0 Å². The van der Waals surface area contributed by atoms with E-state index in [9.17, 15) is 4.57 Å². The summed E-state index contributed by atoms with van der Waals surface area (Å²) in [7, 11) is -2.16. The highest BCUT2D eigenvalue weighted by Crippen LogP contribution is 2.67. The van der Waals surface area contributed by atoms with Gasteiger partial charge < -0.3 is 14.0 Å². The number of ether oxygens (including phenoxy) is 2. The van der Waals surface area contributed by atoms with Crippen molar-refractivity contribution in [2.75, 3.05) is 13.2 Å². The average molecular weight is 176 g/mol. The van der Waals surface area contributed by atoms with Crippen LogP contribution < -0.4 is 0 Å². The molecule has 0 aromatic rings. The van der Waals surface area contributed by atoms with Gasteiger partial charge in [0.15, 0.2) is 0 Å². The van der Waals surface area contributed by atoms with E-state index in [4.69, 9.17) is 9.47 Å². The monoisotopic (exact) mass is 176 g/mol. The van der Waals surface area contributed by atoms with E-state index in [1.807, 2.05) is 13.8 Å². The molecule has 11 heavy (non-hydrogen) atoms. The van der Waals surface area contributed by atoms with E-state index in [-0.39, 0.29) is 17.3 Å². The lowest BCUT2D eigenvalue weighted by molar-refractivity contribution is 0.418. The van der Waals surface area contributed by atoms with Gasteiger partial charge in [0.1, 0.15) is 18.8 Å². The highest BCUT2D eigenvalue weighted by molar-refractivity contribution is 7.66. The summed E-state index contributed by atoms with van der Waals surface area (Å²) in [6.07, 6.45) is 0. The molecule has 64 valence electrons. The summed E-state index contributed by atoms with van der Waals surface area (Å²) in [5.74, 6) is 0.0463. The lowest BCUT2D eigenvalue weighted by Crippen LogP contribution is -2.08. The molecule has 0 aromatic carbocycles. The number of rotatable bonds is 3. The Bertz CT molecular complexity index is 181. The largest absolute Gasteiger partial charge is 0.365 e. The number of hydrogen-bond donors (Lipinski definition) is 0. The molecule has 0 saturated carbocycles. The molecule has 0 bridgehead atoms. The molecule has 3 nitrogen and oxygen atoms in total. The first-order valence-electron chi connectivity index (χ1n) is 3.98. The van der Waals surface area contributed by atoms with Crippen molar-refractivity contribution in [3.8, 4) is 0 Å². The van der Waals surface area contributed by atoms with E-state index >= 15 is 0 Å². The standard InChI is InChI=1S/C7H13O3P/c1-5(2)11(8,6-3-9-6)7-4-10-7/h5-7H,3-4H2,1-2H3. The molecule has 4 heteroatoms. The van der Waals surface area contributed by atoms with Crippen molar-refractivity contribution in [1.82, 2.24) is 0 Å². The topological polar surface area (TPSA) is 42.1 Å². The van der Waals surface area contributed by atoms with Crippen LogP contribution in [-0.4, -0.2) is 30.6 Å². The van der Waals surface area contributed by atoms with E-state index in [1.165, 1.54) is 0 Å². The Kier molecular flexibility index (Phi) is 1.64. The molecular weight excluding hydrogens is 163 g/mol. The minimum atomic E-state index is -2.16. The number of hydrogen-bond acceptors (Lipinski definition) is 3. The molecule has 2 aliphatic heterocycles. The van der Waals surface area contributed by atoms with Gasteiger partial charge in [0, 0.05) is 5.66 Å². The van der Waals surface area contributed by atoms with Crippen LogP contribution in [0, 0.1) is 0 Å². The van der Waals surface area contributed by atoms with Gasteiger partial charge in [-0.2, -0.15) is 0 Å². The highest BCUT2D eigenvalue weighted by Gasteiger charge is 2.55. The Morgan fingerprint density at radius 2 is 1.64 bits per heavy atom. The summed E-state index contributed by atoms with van der Waals surface area (Å²) in [5, 5.41) is 0. The van der Waals surface area contributed by atoms with Crippen LogP contribution in [-0.2, 0) is 14.0 Å². The van der Waals surface area contributed by atoms with Crippen molar-refractivity contribution in [3.05, 3.63) is 0 Å². The van der Waals surface area contributed by atoms with Gasteiger partial charge in [-0.15, -0.1) is 0 Å². The minimum Gasteiger partial charge on any atom is -0.365 e. The van der Waals surface area contributed by atoms with Gasteiger partial charge in [-0.05, 0) is 0 Å². The third-order valence-corrected chi connectivity index (χ3v) is 6.35. The first-order chi connectivity index (χ1) is 5.15. The van der Waals surface area contributed by atoms with E-state index < -0.39 is 7.14 Å². The summed E-state index contributed by atoms with van der Waals surface area (Å²) in [6.45, 7) is 5.33. The second kappa shape index (κ2) is 2.32. The molecule has 2 aliphatic rings. The molecule has 2 fully saturated rings. The zero-order chi connectivity index (χ0) is 8.06. The van der Waals surface area contributed by atoms with Gasteiger partial charge in [-0.3, -0.25) is 0 Å². The summed E-state index contributed by atoms with van der Waals surface area (Å²) in [5.41, 5.74) is 0.211. The zero-order valence-electron chi connectivity index (χ0n) is 6.82. The Morgan fingerprint density at radius 3 is 1.82 bits per heavy atom. The van der Waals surface area contributed by atoms with Gasteiger partial charge in [0.05, 0.1) is 13.2 Å². The van der Waals surface area contributed by atoms with Crippen molar-refractivity contribution in [2.24, 2.45) is 0 Å². The summed E-state index contributed by atoms with van der Waals surface area (Å²) in [4.78, 5) is 0. The maximum absolute atomic E-state index is 12.2. The Balaban J connectivity index is 2.17. The van der Waals surface area contributed by atoms with Gasteiger partial charge in [-0.25, -0.2) is 0 Å². The van der Waals surface area contributed by atoms with Gasteiger partial charge in [0.2, 0.25) is 0 Å². The molecule has 2 saturated heterocycles. The molecule has 0 amide bonds. The van der Waals surface area contributed by atoms with Crippen LogP contribution >= 0.6 is 7.14 Å². The van der Waals surface area contributed by atoms with Crippen LogP contribution in [0.4, 0.5) is 0 Å². The molecule has 0 N–H and O–H groups in total. The van der Waals surface area contributed by atoms with Crippen molar-refractivity contribution < 1.29 is 14.0 Å². The molecule has 2 unspecified atom stereocenters. The highest BCUT2D eigenvalue weighted by atomic mass is 31.2. The summed E-state index contributed by atoms with van der Waals surface area (Å²) in [6, 6.07) is 0. The van der Waals surface area contributed by atoms with Crippen LogP contribution in [0.5, 0.6) is 0 Å². The first-order valence-corrected chi connectivity index (χ1v) is 5.89. The molecule has 2 rings (SSSR count). The maximum Gasteiger partial charge on any atom is 0.149 e. The Hall–Kier alpha value is 0.150. The fourth-order valence-electron chi connectivity index (χ4n) is 1.40. The molecular formula is C7H13O3P. The van der Waals surface area contributed by atoms with Crippen LogP contribution in [0.25, 0.3) is 0 Å². The van der Waals surface area contributed by atoms with Crippen molar-refractivity contribution in [3.63, 3.8) is 0 Å². The summed E-state index contributed by atoms with van der Waals surface area (Å²) >= 11 is 0. The van der Waals surface area contributed by atoms with E-state index in [0.717, 1.165) is 0 Å². The second-order valence-electron chi connectivity index (χ2n) is 3.43. The second-order valence-corrected chi connectivity index (χ2v) is 7.14. The van der Waals surface area contributed by atoms with Gasteiger partial charge in [-0.1, -0.05) is 13.8 Å². The van der Waals surface area contributed by atoms with E-state index in [2.05, 4.69) is 0 Å². The smallest absolute Gasteiger partial charge is 0.149 e. The van der Waals surface area contributed by atoms with Crippen molar-refractivity contribution in [2.45, 2.75) is 31.2 Å². The molecule has 2 heterocycles. The number of epoxide rings is 2. The molecule has 2 atom stereocenters. The molecule has 0 aliphatic carbocycles. The first kappa shape index (κ1) is 7.78. The SMILES string of the molecule is CC(C)P(=O)(C1CO1)C1CO1. The maximum atomic E-state index is 12.2. The lowest BCUT2D eigenvalue weighted by Gasteiger charge is -2.16. The minimum absolute atomic E-state index is 0.0231. The summed E-state index contributed by atoms with van der Waals surface area (Å²) < 4.78 is 22.4. The Morgan fingerprint density at radius 1 is 1.27 bits per heavy atom. The third kappa shape index (κ3) is 1.16. The van der Waals surface area contributed by atoms with E-state index in [0.29, 0.717) is 13.2 Å². The van der Waals surface area contributed by atoms with Crippen LogP contribution in [0.15, 0.2) is 0 Å². The predicted molar refractivity (Wildman–Crippen MR) is 42.2 cm³/mol. The lowest BCUT2D eigenvalue weighted by atomic mass is 10.6. The fraction of sp³-hybridized carbons (Fsp3) is 1.00. The fourth-order valence-corrected chi connectivity index (χ4v) is 4.21. The zero-order valence-corrected chi connectivity index (χ0v) is 7.71. The Labute approximate surface area is 66.4 Å². The average Bonchev–Trinajstić information content (AvgIpc) is 2.79. The van der Waals surface area contributed by atoms with Crippen molar-refractivity contribution >= 4 is 7.14 Å².